The first kappa shape index (κ1) is 17.5. The Kier molecular flexibility index (Phi) is 4.75. The molecule has 0 aromatic carbocycles. The third kappa shape index (κ3) is 3.25. The van der Waals surface area contributed by atoms with E-state index in [-0.39, 0.29) is 5.91 Å². The first-order valence-electron chi connectivity index (χ1n) is 9.19. The Morgan fingerprint density at radius 1 is 1.04 bits per heavy atom. The van der Waals surface area contributed by atoms with E-state index in [1.165, 1.54) is 24.2 Å². The quantitative estimate of drug-likeness (QED) is 0.827. The van der Waals surface area contributed by atoms with Crippen LogP contribution < -0.4 is 0 Å². The lowest BCUT2D eigenvalue weighted by Crippen LogP contribution is -2.36. The van der Waals surface area contributed by atoms with Crippen molar-refractivity contribution in [3.8, 4) is 10.8 Å². The molecule has 4 rings (SSSR count). The van der Waals surface area contributed by atoms with E-state index in [1.807, 2.05) is 17.3 Å². The maximum absolute atomic E-state index is 12.9. The normalized spacial score (nSPS) is 27.7. The number of amides is 1. The molecule has 2 unspecified atom stereocenters. The lowest BCUT2D eigenvalue weighted by atomic mass is 10.0. The Morgan fingerprint density at radius 2 is 1.65 bits per heavy atom. The van der Waals surface area contributed by atoms with Gasteiger partial charge in [0, 0.05) is 36.9 Å². The first-order valence-corrected chi connectivity index (χ1v) is 10.1. The molecule has 0 spiro atoms. The molecular formula is C19H25N5OS. The van der Waals surface area contributed by atoms with E-state index < -0.39 is 0 Å². The summed E-state index contributed by atoms with van der Waals surface area (Å²) in [5.41, 5.74) is 0.503. The van der Waals surface area contributed by atoms with Gasteiger partial charge in [-0.1, -0.05) is 0 Å². The van der Waals surface area contributed by atoms with Crippen LogP contribution in [0.4, 0.5) is 0 Å². The van der Waals surface area contributed by atoms with Crippen LogP contribution >= 0.6 is 11.3 Å². The van der Waals surface area contributed by atoms with Crippen LogP contribution in [0.3, 0.4) is 0 Å². The minimum Gasteiger partial charge on any atom is -0.337 e. The fraction of sp³-hybridized carbons (Fsp3) is 0.579. The highest BCUT2D eigenvalue weighted by Gasteiger charge is 2.44. The van der Waals surface area contributed by atoms with Crippen molar-refractivity contribution < 1.29 is 4.79 Å². The average Bonchev–Trinajstić information content (AvgIpc) is 3.35. The third-order valence-corrected chi connectivity index (χ3v) is 6.88. The number of thiazole rings is 1. The lowest BCUT2D eigenvalue weighted by molar-refractivity contribution is 0.0721. The van der Waals surface area contributed by atoms with Gasteiger partial charge in [0.1, 0.15) is 5.69 Å². The Bertz CT molecular complexity index is 763. The summed E-state index contributed by atoms with van der Waals surface area (Å²) in [5.74, 6) is 2.10. The molecule has 2 saturated carbocycles. The van der Waals surface area contributed by atoms with Gasteiger partial charge in [-0.25, -0.2) is 15.0 Å². The molecule has 26 heavy (non-hydrogen) atoms. The molecule has 4 atom stereocenters. The van der Waals surface area contributed by atoms with Crippen molar-refractivity contribution in [1.29, 1.82) is 0 Å². The van der Waals surface area contributed by atoms with E-state index in [9.17, 15) is 4.79 Å². The van der Waals surface area contributed by atoms with Gasteiger partial charge >= 0.3 is 0 Å². The number of carbonyl (C=O) groups excluding carboxylic acids is 1. The summed E-state index contributed by atoms with van der Waals surface area (Å²) in [4.78, 5) is 30.1. The highest BCUT2D eigenvalue weighted by molar-refractivity contribution is 7.13. The second-order valence-corrected chi connectivity index (χ2v) is 8.62. The summed E-state index contributed by atoms with van der Waals surface area (Å²) in [6.45, 7) is 0. The molecule has 2 fully saturated rings. The van der Waals surface area contributed by atoms with Crippen LogP contribution in [0.2, 0.25) is 0 Å². The second-order valence-electron chi connectivity index (χ2n) is 7.76. The van der Waals surface area contributed by atoms with Gasteiger partial charge < -0.3 is 9.80 Å². The maximum Gasteiger partial charge on any atom is 0.273 e. The summed E-state index contributed by atoms with van der Waals surface area (Å²) in [7, 11) is 6.28. The Hall–Kier alpha value is -1.86. The van der Waals surface area contributed by atoms with Gasteiger partial charge in [-0.3, -0.25) is 4.79 Å². The topological polar surface area (TPSA) is 62.2 Å². The molecule has 6 nitrogen and oxygen atoms in total. The first-order chi connectivity index (χ1) is 12.5. The number of hydrogen-bond acceptors (Lipinski definition) is 6. The minimum absolute atomic E-state index is 0.0116. The molecule has 0 radical (unpaired) electrons. The summed E-state index contributed by atoms with van der Waals surface area (Å²) >= 11 is 1.42. The molecule has 7 heteroatoms. The molecule has 2 aromatic rings. The lowest BCUT2D eigenvalue weighted by Gasteiger charge is -2.26. The minimum atomic E-state index is 0.0116. The Balaban J connectivity index is 1.41. The summed E-state index contributed by atoms with van der Waals surface area (Å²) in [5, 5.41) is 2.52. The van der Waals surface area contributed by atoms with Crippen LogP contribution in [0.25, 0.3) is 10.8 Å². The zero-order valence-corrected chi connectivity index (χ0v) is 16.3. The number of rotatable bonds is 4. The van der Waals surface area contributed by atoms with E-state index in [0.29, 0.717) is 28.6 Å². The van der Waals surface area contributed by atoms with E-state index in [4.69, 9.17) is 0 Å². The molecule has 2 aromatic heterocycles. The smallest absolute Gasteiger partial charge is 0.273 e. The van der Waals surface area contributed by atoms with Crippen molar-refractivity contribution in [3.05, 3.63) is 29.5 Å². The zero-order chi connectivity index (χ0) is 18.3. The van der Waals surface area contributed by atoms with Crippen LogP contribution in [0.5, 0.6) is 0 Å². The standard InChI is InChI=1S/C19H25N5OS/c1-23(2)14-7-12-9-15(10-13(12)8-14)24(3)19(25)16-11-26-18(22-16)17-20-5-4-6-21-17/h4-6,11-15H,7-10H2,1-3H3/t12-,13+,14?,15?. The Labute approximate surface area is 158 Å². The largest absolute Gasteiger partial charge is 0.337 e. The van der Waals surface area contributed by atoms with Gasteiger partial charge in [0.05, 0.1) is 0 Å². The number of fused-ring (bicyclic) bond motifs is 1. The zero-order valence-electron chi connectivity index (χ0n) is 15.5. The van der Waals surface area contributed by atoms with Gasteiger partial charge in [-0.15, -0.1) is 11.3 Å². The predicted octanol–water partition coefficient (Wildman–Crippen LogP) is 2.79. The SMILES string of the molecule is CN(C)C1C[C@@H]2CC(N(C)C(=O)c3csc(-c4ncccn4)n3)C[C@@H]2C1. The Morgan fingerprint density at radius 3 is 2.27 bits per heavy atom. The monoisotopic (exact) mass is 371 g/mol. The van der Waals surface area contributed by atoms with E-state index in [2.05, 4.69) is 33.9 Å². The molecular weight excluding hydrogens is 346 g/mol. The second kappa shape index (κ2) is 7.04. The van der Waals surface area contributed by atoms with E-state index in [0.717, 1.165) is 24.7 Å². The van der Waals surface area contributed by atoms with Gasteiger partial charge in [-0.05, 0) is 57.7 Å². The average molecular weight is 372 g/mol. The summed E-state index contributed by atoms with van der Waals surface area (Å²) in [6, 6.07) is 2.81. The van der Waals surface area contributed by atoms with Crippen LogP contribution in [-0.4, -0.2) is 63.9 Å². The van der Waals surface area contributed by atoms with Gasteiger partial charge in [-0.2, -0.15) is 0 Å². The molecule has 0 aliphatic heterocycles. The van der Waals surface area contributed by atoms with E-state index >= 15 is 0 Å². The molecule has 138 valence electrons. The van der Waals surface area contributed by atoms with Crippen molar-refractivity contribution in [2.24, 2.45) is 11.8 Å². The van der Waals surface area contributed by atoms with Crippen LogP contribution in [0.1, 0.15) is 36.2 Å². The molecule has 0 N–H and O–H groups in total. The van der Waals surface area contributed by atoms with Crippen LogP contribution in [0.15, 0.2) is 23.8 Å². The fourth-order valence-corrected chi connectivity index (χ4v) is 5.26. The molecule has 1 amide bonds. The molecule has 0 saturated heterocycles. The number of aromatic nitrogens is 3. The van der Waals surface area contributed by atoms with Crippen molar-refractivity contribution in [2.45, 2.75) is 37.8 Å². The molecule has 2 aliphatic rings. The molecule has 2 heterocycles. The fourth-order valence-electron chi connectivity index (χ4n) is 4.52. The van der Waals surface area contributed by atoms with Gasteiger partial charge in [0.2, 0.25) is 0 Å². The van der Waals surface area contributed by atoms with E-state index in [1.54, 1.807) is 18.5 Å². The number of nitrogens with zero attached hydrogens (tertiary/aromatic N) is 5. The van der Waals surface area contributed by atoms with Gasteiger partial charge in [0.25, 0.3) is 5.91 Å². The summed E-state index contributed by atoms with van der Waals surface area (Å²) in [6.07, 6.45) is 8.15. The third-order valence-electron chi connectivity index (χ3n) is 6.04. The maximum atomic E-state index is 12.9. The molecule has 2 aliphatic carbocycles. The van der Waals surface area contributed by atoms with Crippen LogP contribution in [-0.2, 0) is 0 Å². The van der Waals surface area contributed by atoms with Crippen LogP contribution in [0, 0.1) is 11.8 Å². The van der Waals surface area contributed by atoms with Crippen molar-refractivity contribution >= 4 is 17.2 Å². The number of hydrogen-bond donors (Lipinski definition) is 0. The van der Waals surface area contributed by atoms with Crippen molar-refractivity contribution in [1.82, 2.24) is 24.8 Å². The highest BCUT2D eigenvalue weighted by atomic mass is 32.1. The summed E-state index contributed by atoms with van der Waals surface area (Å²) < 4.78 is 0. The van der Waals surface area contributed by atoms with Gasteiger partial charge in [0.15, 0.2) is 10.8 Å². The van der Waals surface area contributed by atoms with Crippen molar-refractivity contribution in [2.75, 3.05) is 21.1 Å². The molecule has 0 bridgehead atoms. The van der Waals surface area contributed by atoms with Crippen molar-refractivity contribution in [3.63, 3.8) is 0 Å². The predicted molar refractivity (Wildman–Crippen MR) is 102 cm³/mol. The number of carbonyl (C=O) groups is 1. The highest BCUT2D eigenvalue weighted by Crippen LogP contribution is 2.46.